The average molecular weight is 481 g/mol. The van der Waals surface area contributed by atoms with Crippen molar-refractivity contribution in [3.8, 4) is 0 Å². The lowest BCUT2D eigenvalue weighted by Crippen LogP contribution is -2.49. The number of nitrogens with zero attached hydrogens (tertiary/aromatic N) is 1. The van der Waals surface area contributed by atoms with Crippen LogP contribution in [-0.2, 0) is 38.8 Å². The normalized spacial score (nSPS) is 32.8. The Morgan fingerprint density at radius 2 is 1.75 bits per heavy atom. The van der Waals surface area contributed by atoms with E-state index in [4.69, 9.17) is 9.29 Å². The second-order valence-corrected chi connectivity index (χ2v) is 11.1. The summed E-state index contributed by atoms with van der Waals surface area (Å²) < 4.78 is 68.6. The monoisotopic (exact) mass is 481 g/mol. The smallest absolute Gasteiger partial charge is 0.405 e. The van der Waals surface area contributed by atoms with Crippen LogP contribution in [0.2, 0.25) is 0 Å². The van der Waals surface area contributed by atoms with E-state index in [0.717, 1.165) is 11.8 Å². The Labute approximate surface area is 183 Å². The highest BCUT2D eigenvalue weighted by molar-refractivity contribution is 7.86. The molecule has 0 radical (unpaired) electrons. The molecule has 1 heterocycles. The molecule has 0 aromatic carbocycles. The van der Waals surface area contributed by atoms with Gasteiger partial charge < -0.3 is 9.47 Å². The van der Waals surface area contributed by atoms with Crippen LogP contribution < -0.4 is 0 Å². The number of carbonyl (C=O) groups excluding carboxylic acids is 4. The fraction of sp³-hybridized carbons (Fsp3) is 0.789. The number of carbonyl (C=O) groups is 4. The second kappa shape index (κ2) is 7.44. The van der Waals surface area contributed by atoms with Crippen LogP contribution in [0, 0.1) is 29.1 Å². The van der Waals surface area contributed by atoms with Gasteiger partial charge in [0.25, 0.3) is 0 Å². The highest BCUT2D eigenvalue weighted by Gasteiger charge is 2.72. The van der Waals surface area contributed by atoms with Crippen molar-refractivity contribution in [2.45, 2.75) is 64.5 Å². The molecule has 7 atom stereocenters. The molecule has 32 heavy (non-hydrogen) atoms. The van der Waals surface area contributed by atoms with Crippen molar-refractivity contribution in [1.29, 1.82) is 0 Å². The van der Waals surface area contributed by atoms with Gasteiger partial charge in [0.15, 0.2) is 6.10 Å². The summed E-state index contributed by atoms with van der Waals surface area (Å²) >= 11 is 0. The molecular weight excluding hydrogens is 456 g/mol. The summed E-state index contributed by atoms with van der Waals surface area (Å²) in [5, 5.41) is -4.77. The molecule has 13 heteroatoms. The third-order valence-electron chi connectivity index (χ3n) is 6.45. The second-order valence-electron chi connectivity index (χ2n) is 9.57. The van der Waals surface area contributed by atoms with Gasteiger partial charge in [-0.1, -0.05) is 0 Å². The molecule has 0 spiro atoms. The van der Waals surface area contributed by atoms with Crippen LogP contribution in [0.25, 0.3) is 0 Å². The first-order valence-corrected chi connectivity index (χ1v) is 11.4. The van der Waals surface area contributed by atoms with Crippen LogP contribution in [0.1, 0.15) is 41.0 Å². The summed E-state index contributed by atoms with van der Waals surface area (Å²) in [6.07, 6.45) is -3.36. The van der Waals surface area contributed by atoms with E-state index in [1.165, 1.54) is 0 Å². The molecule has 1 saturated heterocycles. The lowest BCUT2D eigenvalue weighted by molar-refractivity contribution is -0.176. The van der Waals surface area contributed by atoms with E-state index in [-0.39, 0.29) is 6.42 Å². The first kappa shape index (κ1) is 24.5. The van der Waals surface area contributed by atoms with Gasteiger partial charge in [0, 0.05) is 12.8 Å². The molecular formula is C19H25F2NO9S. The summed E-state index contributed by atoms with van der Waals surface area (Å²) in [5.74, 6) is -6.90. The number of esters is 2. The predicted octanol–water partition coefficient (Wildman–Crippen LogP) is 0.996. The molecule has 0 aromatic heterocycles. The largest absolute Gasteiger partial charge is 0.459 e. The first-order valence-electron chi connectivity index (χ1n) is 10.0. The van der Waals surface area contributed by atoms with Gasteiger partial charge in [-0.3, -0.25) is 28.6 Å². The fourth-order valence-electron chi connectivity index (χ4n) is 4.99. The Morgan fingerprint density at radius 1 is 1.19 bits per heavy atom. The number of likely N-dealkylation sites (tertiary alicyclic amines) is 1. The maximum absolute atomic E-state index is 13.9. The molecule has 0 aromatic rings. The van der Waals surface area contributed by atoms with Gasteiger partial charge in [0.1, 0.15) is 6.10 Å². The standard InChI is InChI=1S/C19H25F2NO9S/c1-7(19(20,21)32(27,28)29)30-16(25)12-10-6-9-11(12)15(24)22(8(2)23)13(9)14(10)31-17(26)18(3,4)5/h7,9-14H,6H2,1-5H3,(H,27,28,29). The predicted molar refractivity (Wildman–Crippen MR) is 101 cm³/mol. The minimum atomic E-state index is -5.87. The van der Waals surface area contributed by atoms with Crippen LogP contribution in [0.4, 0.5) is 8.78 Å². The quantitative estimate of drug-likeness (QED) is 0.449. The molecule has 3 aliphatic rings. The maximum atomic E-state index is 13.9. The van der Waals surface area contributed by atoms with E-state index in [1.54, 1.807) is 20.8 Å². The molecule has 10 nitrogen and oxygen atoms in total. The highest BCUT2D eigenvalue weighted by Crippen LogP contribution is 2.60. The number of hydrogen-bond acceptors (Lipinski definition) is 8. The Kier molecular flexibility index (Phi) is 5.69. The van der Waals surface area contributed by atoms with Crippen LogP contribution in [0.15, 0.2) is 0 Å². The number of halogens is 2. The van der Waals surface area contributed by atoms with Crippen LogP contribution in [0.5, 0.6) is 0 Å². The third-order valence-corrected chi connectivity index (χ3v) is 7.47. The van der Waals surface area contributed by atoms with Gasteiger partial charge in [-0.15, -0.1) is 0 Å². The first-order chi connectivity index (χ1) is 14.4. The molecule has 7 unspecified atom stereocenters. The summed E-state index contributed by atoms with van der Waals surface area (Å²) in [4.78, 5) is 51.3. The minimum Gasteiger partial charge on any atom is -0.459 e. The van der Waals surface area contributed by atoms with Crippen molar-refractivity contribution in [2.75, 3.05) is 0 Å². The number of ether oxygens (including phenoxy) is 2. The Balaban J connectivity index is 1.93. The summed E-state index contributed by atoms with van der Waals surface area (Å²) in [6, 6.07) is -0.776. The highest BCUT2D eigenvalue weighted by atomic mass is 32.2. The number of rotatable bonds is 5. The van der Waals surface area contributed by atoms with E-state index >= 15 is 0 Å². The number of amides is 2. The average Bonchev–Trinajstić information content (AvgIpc) is 3.22. The molecule has 3 rings (SSSR count). The lowest BCUT2D eigenvalue weighted by atomic mass is 9.78. The number of hydrogen-bond donors (Lipinski definition) is 1. The topological polar surface area (TPSA) is 144 Å². The molecule has 1 N–H and O–H groups in total. The van der Waals surface area contributed by atoms with Crippen LogP contribution in [0.3, 0.4) is 0 Å². The van der Waals surface area contributed by atoms with Crippen LogP contribution in [-0.4, -0.2) is 65.1 Å². The van der Waals surface area contributed by atoms with Gasteiger partial charge in [-0.25, -0.2) is 0 Å². The minimum absolute atomic E-state index is 0.218. The van der Waals surface area contributed by atoms with Gasteiger partial charge in [0.2, 0.25) is 11.8 Å². The molecule has 180 valence electrons. The van der Waals surface area contributed by atoms with Crippen molar-refractivity contribution < 1.29 is 50.4 Å². The number of alkyl halides is 2. The molecule has 1 aliphatic heterocycles. The molecule has 3 fully saturated rings. The SMILES string of the molecule is CC(=O)N1C(=O)C2C3CC(C(OC(=O)C(C)(C)C)C31)C2C(=O)OC(C)C(F)(F)S(=O)(=O)O. The van der Waals surface area contributed by atoms with Crippen molar-refractivity contribution in [3.63, 3.8) is 0 Å². The zero-order valence-electron chi connectivity index (χ0n) is 18.1. The molecule has 2 aliphatic carbocycles. The summed E-state index contributed by atoms with van der Waals surface area (Å²) in [7, 11) is -5.87. The lowest BCUT2D eigenvalue weighted by Gasteiger charge is -2.35. The molecule has 2 bridgehead atoms. The van der Waals surface area contributed by atoms with E-state index in [2.05, 4.69) is 4.74 Å². The Hall–Kier alpha value is -2.15. The van der Waals surface area contributed by atoms with Crippen molar-refractivity contribution in [2.24, 2.45) is 29.1 Å². The van der Waals surface area contributed by atoms with Crippen LogP contribution >= 0.6 is 0 Å². The van der Waals surface area contributed by atoms with Crippen molar-refractivity contribution >= 4 is 33.9 Å². The third kappa shape index (κ3) is 3.58. The Bertz CT molecular complexity index is 974. The van der Waals surface area contributed by atoms with E-state index in [0.29, 0.717) is 6.92 Å². The van der Waals surface area contributed by atoms with E-state index < -0.39 is 86.5 Å². The maximum Gasteiger partial charge on any atom is 0.405 e. The van der Waals surface area contributed by atoms with Gasteiger partial charge in [-0.05, 0) is 40.0 Å². The number of imide groups is 1. The number of fused-ring (bicyclic) bond motifs is 1. The van der Waals surface area contributed by atoms with E-state index in [1.807, 2.05) is 0 Å². The van der Waals surface area contributed by atoms with Crippen molar-refractivity contribution in [1.82, 2.24) is 4.90 Å². The van der Waals surface area contributed by atoms with Gasteiger partial charge >= 0.3 is 27.3 Å². The van der Waals surface area contributed by atoms with Gasteiger partial charge in [0.05, 0.1) is 23.3 Å². The van der Waals surface area contributed by atoms with E-state index in [9.17, 15) is 36.4 Å². The van der Waals surface area contributed by atoms with Gasteiger partial charge in [-0.2, -0.15) is 17.2 Å². The molecule has 2 saturated carbocycles. The Morgan fingerprint density at radius 3 is 2.22 bits per heavy atom. The van der Waals surface area contributed by atoms with Crippen molar-refractivity contribution in [3.05, 3.63) is 0 Å². The molecule has 2 amide bonds. The summed E-state index contributed by atoms with van der Waals surface area (Å²) in [5.41, 5.74) is -0.924. The summed E-state index contributed by atoms with van der Waals surface area (Å²) in [6.45, 7) is 6.54. The fourth-order valence-corrected chi connectivity index (χ4v) is 5.45. The zero-order chi connectivity index (χ0) is 24.5. The zero-order valence-corrected chi connectivity index (χ0v) is 18.9.